The van der Waals surface area contributed by atoms with E-state index < -0.39 is 0 Å². The van der Waals surface area contributed by atoms with E-state index >= 15 is 0 Å². The molecule has 0 aliphatic heterocycles. The smallest absolute Gasteiger partial charge is 0.175 e. The van der Waals surface area contributed by atoms with E-state index in [1.807, 2.05) is 97.1 Å². The lowest BCUT2D eigenvalue weighted by Crippen LogP contribution is -2.18. The largest absolute Gasteiger partial charge is 0.489 e. The van der Waals surface area contributed by atoms with Crippen LogP contribution in [0, 0.1) is 0 Å². The Kier molecular flexibility index (Phi) is 8.26. The second kappa shape index (κ2) is 11.7. The lowest BCUT2D eigenvalue weighted by atomic mass is 10.2. The highest BCUT2D eigenvalue weighted by molar-refractivity contribution is 7.80. The van der Waals surface area contributed by atoms with Crippen LogP contribution >= 0.6 is 35.4 Å². The van der Waals surface area contributed by atoms with Crippen molar-refractivity contribution in [2.24, 2.45) is 0 Å². The van der Waals surface area contributed by atoms with Crippen molar-refractivity contribution in [3.63, 3.8) is 0 Å². The van der Waals surface area contributed by atoms with Crippen molar-refractivity contribution in [1.82, 2.24) is 0 Å². The maximum absolute atomic E-state index is 5.91. The first kappa shape index (κ1) is 23.9. The van der Waals surface area contributed by atoms with Gasteiger partial charge in [-0.25, -0.2) is 0 Å². The van der Waals surface area contributed by atoms with Crippen LogP contribution in [0.4, 0.5) is 11.4 Å². The van der Waals surface area contributed by atoms with Gasteiger partial charge in [-0.2, -0.15) is 0 Å². The summed E-state index contributed by atoms with van der Waals surface area (Å²) in [6.07, 6.45) is 0. The molecule has 0 fully saturated rings. The molecule has 0 heterocycles. The topological polar surface area (TPSA) is 42.5 Å². The molecule has 0 amide bonds. The molecule has 7 heteroatoms. The maximum Gasteiger partial charge on any atom is 0.175 e. The molecule has 4 aromatic carbocycles. The first-order chi connectivity index (χ1) is 16.5. The molecule has 0 atom stereocenters. The summed E-state index contributed by atoms with van der Waals surface area (Å²) in [6, 6.07) is 30.4. The van der Waals surface area contributed by atoms with Gasteiger partial charge in [0, 0.05) is 21.4 Å². The van der Waals surface area contributed by atoms with Gasteiger partial charge in [0.15, 0.2) is 5.11 Å². The molecular weight excluding hydrogens is 487 g/mol. The SMILES string of the molecule is S=C(Nc1ccc(OCc2ccc(Cl)cc2)cc1)Nc1ccc(OCc2ccc(Cl)cc2)cc1. The van der Waals surface area contributed by atoms with Crippen LogP contribution in [-0.4, -0.2) is 5.11 Å². The van der Waals surface area contributed by atoms with Crippen molar-refractivity contribution in [3.05, 3.63) is 118 Å². The highest BCUT2D eigenvalue weighted by Crippen LogP contribution is 2.20. The van der Waals surface area contributed by atoms with Crippen LogP contribution < -0.4 is 20.1 Å². The molecule has 0 aliphatic rings. The molecule has 0 saturated heterocycles. The summed E-state index contributed by atoms with van der Waals surface area (Å²) in [6.45, 7) is 0.951. The zero-order chi connectivity index (χ0) is 23.8. The van der Waals surface area contributed by atoms with Crippen molar-refractivity contribution in [3.8, 4) is 11.5 Å². The minimum absolute atomic E-state index is 0.476. The summed E-state index contributed by atoms with van der Waals surface area (Å²) >= 11 is 17.3. The van der Waals surface area contributed by atoms with E-state index in [9.17, 15) is 0 Å². The van der Waals surface area contributed by atoms with E-state index in [1.165, 1.54) is 0 Å². The van der Waals surface area contributed by atoms with Gasteiger partial charge in [-0.05, 0) is 96.1 Å². The van der Waals surface area contributed by atoms with Crippen molar-refractivity contribution < 1.29 is 9.47 Å². The fourth-order valence-corrected chi connectivity index (χ4v) is 3.54. The number of ether oxygens (including phenoxy) is 2. The van der Waals surface area contributed by atoms with Crippen LogP contribution in [0.5, 0.6) is 11.5 Å². The third-order valence-corrected chi connectivity index (χ3v) is 5.57. The third kappa shape index (κ3) is 7.39. The lowest BCUT2D eigenvalue weighted by Gasteiger charge is -2.12. The Morgan fingerprint density at radius 2 is 0.912 bits per heavy atom. The first-order valence-electron chi connectivity index (χ1n) is 10.6. The predicted molar refractivity (Wildman–Crippen MR) is 144 cm³/mol. The fourth-order valence-electron chi connectivity index (χ4n) is 3.06. The Balaban J connectivity index is 1.22. The van der Waals surface area contributed by atoms with Crippen molar-refractivity contribution in [2.45, 2.75) is 13.2 Å². The quantitative estimate of drug-likeness (QED) is 0.236. The number of hydrogen-bond donors (Lipinski definition) is 2. The van der Waals surface area contributed by atoms with Crippen LogP contribution in [0.2, 0.25) is 10.0 Å². The number of hydrogen-bond acceptors (Lipinski definition) is 3. The van der Waals surface area contributed by atoms with Gasteiger partial charge in [0.05, 0.1) is 0 Å². The van der Waals surface area contributed by atoms with Crippen LogP contribution in [0.25, 0.3) is 0 Å². The van der Waals surface area contributed by atoms with Crippen molar-refractivity contribution >= 4 is 51.9 Å². The zero-order valence-corrected chi connectivity index (χ0v) is 20.5. The summed E-state index contributed by atoms with van der Waals surface area (Å²) in [5.41, 5.74) is 3.83. The molecule has 0 bridgehead atoms. The molecule has 172 valence electrons. The molecule has 0 radical (unpaired) electrons. The normalized spacial score (nSPS) is 10.4. The van der Waals surface area contributed by atoms with Gasteiger partial charge < -0.3 is 20.1 Å². The molecule has 0 aromatic heterocycles. The second-order valence-electron chi connectivity index (χ2n) is 7.46. The van der Waals surface area contributed by atoms with E-state index in [-0.39, 0.29) is 0 Å². The number of rotatable bonds is 8. The van der Waals surface area contributed by atoms with E-state index in [0.29, 0.717) is 28.4 Å². The van der Waals surface area contributed by atoms with E-state index in [4.69, 9.17) is 44.9 Å². The second-order valence-corrected chi connectivity index (χ2v) is 8.74. The van der Waals surface area contributed by atoms with E-state index in [0.717, 1.165) is 34.0 Å². The van der Waals surface area contributed by atoms with Gasteiger partial charge in [-0.3, -0.25) is 0 Å². The molecular formula is C27H22Cl2N2O2S. The summed E-state index contributed by atoms with van der Waals surface area (Å²) in [5, 5.41) is 8.25. The highest BCUT2D eigenvalue weighted by Gasteiger charge is 2.02. The molecule has 4 rings (SSSR count). The van der Waals surface area contributed by atoms with Crippen LogP contribution in [0.1, 0.15) is 11.1 Å². The van der Waals surface area contributed by atoms with Crippen LogP contribution in [0.15, 0.2) is 97.1 Å². The average Bonchev–Trinajstić information content (AvgIpc) is 2.85. The number of halogens is 2. The standard InChI is InChI=1S/C27H22Cl2N2O2S/c28-21-5-1-19(2-6-21)17-32-25-13-9-23(10-14-25)30-27(34)31-24-11-15-26(16-12-24)33-18-20-3-7-22(29)8-4-20/h1-16H,17-18H2,(H2,30,31,34). The minimum atomic E-state index is 0.476. The van der Waals surface area contributed by atoms with Gasteiger partial charge in [-0.15, -0.1) is 0 Å². The third-order valence-electron chi connectivity index (χ3n) is 4.86. The Morgan fingerprint density at radius 3 is 1.26 bits per heavy atom. The van der Waals surface area contributed by atoms with Gasteiger partial charge in [0.25, 0.3) is 0 Å². The average molecular weight is 509 g/mol. The maximum atomic E-state index is 5.91. The minimum Gasteiger partial charge on any atom is -0.489 e. The molecule has 0 saturated carbocycles. The fraction of sp³-hybridized carbons (Fsp3) is 0.0741. The summed E-state index contributed by atoms with van der Waals surface area (Å²) < 4.78 is 11.6. The van der Waals surface area contributed by atoms with E-state index in [1.54, 1.807) is 0 Å². The monoisotopic (exact) mass is 508 g/mol. The van der Waals surface area contributed by atoms with Gasteiger partial charge in [0.1, 0.15) is 24.7 Å². The summed E-state index contributed by atoms with van der Waals surface area (Å²) in [4.78, 5) is 0. The van der Waals surface area contributed by atoms with E-state index in [2.05, 4.69) is 10.6 Å². The van der Waals surface area contributed by atoms with Gasteiger partial charge >= 0.3 is 0 Å². The van der Waals surface area contributed by atoms with Crippen molar-refractivity contribution in [1.29, 1.82) is 0 Å². The Morgan fingerprint density at radius 1 is 0.559 bits per heavy atom. The molecule has 0 spiro atoms. The Bertz CT molecular complexity index is 1120. The Labute approximate surface area is 214 Å². The molecule has 4 nitrogen and oxygen atoms in total. The lowest BCUT2D eigenvalue weighted by molar-refractivity contribution is 0.306. The van der Waals surface area contributed by atoms with Crippen LogP contribution in [0.3, 0.4) is 0 Å². The molecule has 0 aliphatic carbocycles. The highest BCUT2D eigenvalue weighted by atomic mass is 35.5. The van der Waals surface area contributed by atoms with Crippen molar-refractivity contribution in [2.75, 3.05) is 10.6 Å². The first-order valence-corrected chi connectivity index (χ1v) is 11.7. The Hall–Kier alpha value is -3.25. The van der Waals surface area contributed by atoms with Gasteiger partial charge in [-0.1, -0.05) is 47.5 Å². The number of anilines is 2. The zero-order valence-electron chi connectivity index (χ0n) is 18.1. The number of thiocarbonyl (C=S) groups is 1. The molecule has 34 heavy (non-hydrogen) atoms. The molecule has 2 N–H and O–H groups in total. The predicted octanol–water partition coefficient (Wildman–Crippen LogP) is 7.96. The number of nitrogens with one attached hydrogen (secondary N) is 2. The van der Waals surface area contributed by atoms with Crippen LogP contribution in [-0.2, 0) is 13.2 Å². The van der Waals surface area contributed by atoms with Gasteiger partial charge in [0.2, 0.25) is 0 Å². The summed E-state index contributed by atoms with van der Waals surface area (Å²) in [5.74, 6) is 1.54. The molecule has 4 aromatic rings. The number of benzene rings is 4. The summed E-state index contributed by atoms with van der Waals surface area (Å²) in [7, 11) is 0. The molecule has 0 unspecified atom stereocenters.